The van der Waals surface area contributed by atoms with Crippen molar-refractivity contribution in [1.82, 2.24) is 0 Å². The summed E-state index contributed by atoms with van der Waals surface area (Å²) >= 11 is 1.54. The monoisotopic (exact) mass is 302 g/mol. The fourth-order valence-electron chi connectivity index (χ4n) is 1.87. The van der Waals surface area contributed by atoms with Gasteiger partial charge in [0.2, 0.25) is 0 Å². The first-order valence-corrected chi connectivity index (χ1v) is 7.52. The number of hydrogen-bond acceptors (Lipinski definition) is 4. The van der Waals surface area contributed by atoms with Crippen molar-refractivity contribution >= 4 is 28.5 Å². The van der Waals surface area contributed by atoms with Gasteiger partial charge in [0.1, 0.15) is 5.00 Å². The molecule has 4 nitrogen and oxygen atoms in total. The molecule has 0 fully saturated rings. The predicted octanol–water partition coefficient (Wildman–Crippen LogP) is 3.03. The molecule has 0 atom stereocenters. The number of hydrogen-bond donors (Lipinski definition) is 2. The minimum absolute atomic E-state index is 0.0182. The number of nitrogens with one attached hydrogen (secondary N) is 1. The van der Waals surface area contributed by atoms with Crippen molar-refractivity contribution < 1.29 is 9.90 Å². The second-order valence-electron chi connectivity index (χ2n) is 4.61. The lowest BCUT2D eigenvalue weighted by atomic mass is 10.1. The predicted molar refractivity (Wildman–Crippen MR) is 87.7 cm³/mol. The fraction of sp³-hybridized carbons (Fsp3) is 0.250. The Morgan fingerprint density at radius 1 is 1.33 bits per heavy atom. The molecule has 5 heteroatoms. The van der Waals surface area contributed by atoms with Gasteiger partial charge in [-0.25, -0.2) is 0 Å². The van der Waals surface area contributed by atoms with Gasteiger partial charge in [-0.2, -0.15) is 0 Å². The van der Waals surface area contributed by atoms with Crippen LogP contribution in [0.25, 0.3) is 0 Å². The highest BCUT2D eigenvalue weighted by Crippen LogP contribution is 2.31. The van der Waals surface area contributed by atoms with E-state index >= 15 is 0 Å². The largest absolute Gasteiger partial charge is 0.394 e. The number of carbonyl (C=O) groups is 1. The third-order valence-corrected chi connectivity index (χ3v) is 4.28. The van der Waals surface area contributed by atoms with Crippen molar-refractivity contribution in [3.63, 3.8) is 0 Å². The molecule has 0 bridgehead atoms. The number of aliphatic hydroxyl groups excluding tert-OH is 1. The molecule has 110 valence electrons. The lowest BCUT2D eigenvalue weighted by Gasteiger charge is -2.04. The molecule has 0 aliphatic rings. The van der Waals surface area contributed by atoms with Crippen LogP contribution in [0.2, 0.25) is 0 Å². The SMILES string of the molecule is Cc1sc(NC(=O)c2ccccc2)c(C=NCCO)c1C. The quantitative estimate of drug-likeness (QED) is 0.834. The Kier molecular flexibility index (Phi) is 5.25. The van der Waals surface area contributed by atoms with E-state index in [0.717, 1.165) is 21.0 Å². The van der Waals surface area contributed by atoms with Gasteiger partial charge in [0.05, 0.1) is 13.2 Å². The van der Waals surface area contributed by atoms with Crippen LogP contribution in [-0.2, 0) is 0 Å². The van der Waals surface area contributed by atoms with Crippen LogP contribution in [0, 0.1) is 13.8 Å². The van der Waals surface area contributed by atoms with Gasteiger partial charge in [0.25, 0.3) is 5.91 Å². The van der Waals surface area contributed by atoms with Crippen molar-refractivity contribution in [3.05, 3.63) is 51.9 Å². The number of nitrogens with zero attached hydrogens (tertiary/aromatic N) is 1. The van der Waals surface area contributed by atoms with Gasteiger partial charge >= 0.3 is 0 Å². The molecule has 0 radical (unpaired) electrons. The van der Waals surface area contributed by atoms with Crippen LogP contribution in [0.5, 0.6) is 0 Å². The number of rotatable bonds is 5. The molecule has 1 aromatic heterocycles. The Balaban J connectivity index is 2.24. The number of amides is 1. The Morgan fingerprint density at radius 2 is 2.05 bits per heavy atom. The average molecular weight is 302 g/mol. The summed E-state index contributed by atoms with van der Waals surface area (Å²) in [5.41, 5.74) is 2.64. The van der Waals surface area contributed by atoms with Crippen LogP contribution in [0.15, 0.2) is 35.3 Å². The topological polar surface area (TPSA) is 61.7 Å². The lowest BCUT2D eigenvalue weighted by molar-refractivity contribution is 0.102. The molecule has 0 aliphatic heterocycles. The molecular formula is C16H18N2O2S. The molecule has 0 unspecified atom stereocenters. The van der Waals surface area contributed by atoms with Crippen molar-refractivity contribution in [1.29, 1.82) is 0 Å². The van der Waals surface area contributed by atoms with Gasteiger partial charge in [-0.15, -0.1) is 11.3 Å². The van der Waals surface area contributed by atoms with E-state index in [1.807, 2.05) is 32.0 Å². The van der Waals surface area contributed by atoms with Crippen molar-refractivity contribution in [2.45, 2.75) is 13.8 Å². The smallest absolute Gasteiger partial charge is 0.256 e. The van der Waals surface area contributed by atoms with E-state index in [-0.39, 0.29) is 12.5 Å². The molecule has 2 aromatic rings. The van der Waals surface area contributed by atoms with Crippen LogP contribution in [0.1, 0.15) is 26.4 Å². The number of thiophene rings is 1. The van der Waals surface area contributed by atoms with E-state index in [2.05, 4.69) is 10.3 Å². The van der Waals surface area contributed by atoms with Gasteiger partial charge in [0.15, 0.2) is 0 Å². The van der Waals surface area contributed by atoms with Crippen LogP contribution < -0.4 is 5.32 Å². The number of aryl methyl sites for hydroxylation is 1. The standard InChI is InChI=1S/C16H18N2O2S/c1-11-12(2)21-16(14(11)10-17-8-9-19)18-15(20)13-6-4-3-5-7-13/h3-7,10,19H,8-9H2,1-2H3,(H,18,20). The van der Waals surface area contributed by atoms with E-state index in [4.69, 9.17) is 5.11 Å². The number of aliphatic imine (C=N–C) groups is 1. The maximum Gasteiger partial charge on any atom is 0.256 e. The third-order valence-electron chi connectivity index (χ3n) is 3.14. The molecule has 0 saturated carbocycles. The molecular weight excluding hydrogens is 284 g/mol. The zero-order valence-corrected chi connectivity index (χ0v) is 12.9. The summed E-state index contributed by atoms with van der Waals surface area (Å²) in [4.78, 5) is 17.5. The number of benzene rings is 1. The lowest BCUT2D eigenvalue weighted by Crippen LogP contribution is -2.11. The average Bonchev–Trinajstić information content (AvgIpc) is 2.76. The minimum Gasteiger partial charge on any atom is -0.394 e. The van der Waals surface area contributed by atoms with E-state index in [1.165, 1.54) is 11.3 Å². The molecule has 1 aromatic carbocycles. The van der Waals surface area contributed by atoms with E-state index in [1.54, 1.807) is 18.3 Å². The number of anilines is 1. The molecule has 0 spiro atoms. The molecule has 0 aliphatic carbocycles. The van der Waals surface area contributed by atoms with Crippen LogP contribution >= 0.6 is 11.3 Å². The summed E-state index contributed by atoms with van der Waals surface area (Å²) < 4.78 is 0. The maximum atomic E-state index is 12.2. The first kappa shape index (κ1) is 15.4. The van der Waals surface area contributed by atoms with E-state index in [0.29, 0.717) is 12.1 Å². The summed E-state index contributed by atoms with van der Waals surface area (Å²) in [6.07, 6.45) is 1.72. The van der Waals surface area contributed by atoms with E-state index in [9.17, 15) is 4.79 Å². The highest BCUT2D eigenvalue weighted by Gasteiger charge is 2.14. The highest BCUT2D eigenvalue weighted by molar-refractivity contribution is 7.16. The Hall–Kier alpha value is -1.98. The Bertz CT molecular complexity index is 648. The highest BCUT2D eigenvalue weighted by atomic mass is 32.1. The zero-order chi connectivity index (χ0) is 15.2. The van der Waals surface area contributed by atoms with Crippen molar-refractivity contribution in [2.75, 3.05) is 18.5 Å². The zero-order valence-electron chi connectivity index (χ0n) is 12.1. The molecule has 21 heavy (non-hydrogen) atoms. The van der Waals surface area contributed by atoms with Crippen molar-refractivity contribution in [2.24, 2.45) is 4.99 Å². The number of aliphatic hydroxyl groups is 1. The van der Waals surface area contributed by atoms with Crippen LogP contribution in [-0.4, -0.2) is 30.4 Å². The third kappa shape index (κ3) is 3.77. The Morgan fingerprint density at radius 3 is 2.71 bits per heavy atom. The van der Waals surface area contributed by atoms with Gasteiger partial charge in [-0.3, -0.25) is 9.79 Å². The summed E-state index contributed by atoms with van der Waals surface area (Å²) in [6, 6.07) is 9.11. The summed E-state index contributed by atoms with van der Waals surface area (Å²) in [6.45, 7) is 4.40. The molecule has 2 rings (SSSR count). The first-order chi connectivity index (χ1) is 10.1. The van der Waals surface area contributed by atoms with Crippen molar-refractivity contribution in [3.8, 4) is 0 Å². The molecule has 2 N–H and O–H groups in total. The maximum absolute atomic E-state index is 12.2. The van der Waals surface area contributed by atoms with Crippen LogP contribution in [0.3, 0.4) is 0 Å². The van der Waals surface area contributed by atoms with Crippen LogP contribution in [0.4, 0.5) is 5.00 Å². The van der Waals surface area contributed by atoms with Gasteiger partial charge in [-0.05, 0) is 31.5 Å². The first-order valence-electron chi connectivity index (χ1n) is 6.70. The summed E-state index contributed by atoms with van der Waals surface area (Å²) in [7, 11) is 0. The number of carbonyl (C=O) groups excluding carboxylic acids is 1. The summed E-state index contributed by atoms with van der Waals surface area (Å²) in [5.74, 6) is -0.131. The van der Waals surface area contributed by atoms with E-state index < -0.39 is 0 Å². The second kappa shape index (κ2) is 7.15. The molecule has 1 amide bonds. The normalized spacial score (nSPS) is 11.0. The fourth-order valence-corrected chi connectivity index (χ4v) is 2.90. The summed E-state index contributed by atoms with van der Waals surface area (Å²) in [5, 5.41) is 12.5. The molecule has 1 heterocycles. The second-order valence-corrected chi connectivity index (χ2v) is 5.83. The minimum atomic E-state index is -0.131. The van der Waals surface area contributed by atoms with Gasteiger partial charge < -0.3 is 10.4 Å². The Labute approximate surface area is 128 Å². The van der Waals surface area contributed by atoms with Gasteiger partial charge in [-0.1, -0.05) is 18.2 Å². The van der Waals surface area contributed by atoms with Gasteiger partial charge in [0, 0.05) is 22.2 Å². The molecule has 0 saturated heterocycles.